The third kappa shape index (κ3) is 4.57. The number of rotatable bonds is 7. The summed E-state index contributed by atoms with van der Waals surface area (Å²) in [5, 5.41) is 8.70. The molecular weight excluding hydrogens is 285 g/mol. The summed E-state index contributed by atoms with van der Waals surface area (Å²) in [5.74, 6) is -1.86. The minimum atomic E-state index is -3.82. The number of halogens is 1. The van der Waals surface area contributed by atoms with Gasteiger partial charge in [0.15, 0.2) is 0 Å². The Morgan fingerprint density at radius 1 is 1.45 bits per heavy atom. The van der Waals surface area contributed by atoms with Crippen molar-refractivity contribution in [3.8, 4) is 0 Å². The second kappa shape index (κ2) is 6.81. The number of benzene rings is 1. The van der Waals surface area contributed by atoms with Crippen molar-refractivity contribution in [2.24, 2.45) is 5.92 Å². The molecule has 0 amide bonds. The van der Waals surface area contributed by atoms with Crippen LogP contribution >= 0.6 is 0 Å². The molecule has 1 aromatic carbocycles. The number of hydrogen-bond acceptors (Lipinski definition) is 3. The maximum atomic E-state index is 13.4. The van der Waals surface area contributed by atoms with E-state index in [0.29, 0.717) is 12.0 Å². The molecule has 0 radical (unpaired) electrons. The molecule has 0 aromatic heterocycles. The summed E-state index contributed by atoms with van der Waals surface area (Å²) in [6, 6.07) is 3.66. The van der Waals surface area contributed by atoms with E-state index in [-0.39, 0.29) is 23.8 Å². The monoisotopic (exact) mass is 303 g/mol. The van der Waals surface area contributed by atoms with E-state index < -0.39 is 21.8 Å². The summed E-state index contributed by atoms with van der Waals surface area (Å²) in [7, 11) is -3.82. The fraction of sp³-hybridized carbons (Fsp3) is 0.462. The molecule has 0 saturated heterocycles. The van der Waals surface area contributed by atoms with E-state index in [2.05, 4.69) is 4.72 Å². The Bertz CT molecular complexity index is 586. The van der Waals surface area contributed by atoms with Crippen molar-refractivity contribution in [2.75, 3.05) is 6.54 Å². The van der Waals surface area contributed by atoms with Crippen LogP contribution in [-0.2, 0) is 14.8 Å². The third-order valence-electron chi connectivity index (χ3n) is 3.06. The van der Waals surface area contributed by atoms with E-state index in [1.165, 1.54) is 12.1 Å². The molecule has 0 saturated carbocycles. The number of carboxylic acid groups (broad SMARTS) is 1. The van der Waals surface area contributed by atoms with Crippen molar-refractivity contribution < 1.29 is 22.7 Å². The van der Waals surface area contributed by atoms with Crippen molar-refractivity contribution in [3.05, 3.63) is 29.6 Å². The summed E-state index contributed by atoms with van der Waals surface area (Å²) in [4.78, 5) is 10.5. The lowest BCUT2D eigenvalue weighted by Gasteiger charge is -2.14. The Morgan fingerprint density at radius 3 is 2.60 bits per heavy atom. The minimum Gasteiger partial charge on any atom is -0.481 e. The zero-order chi connectivity index (χ0) is 15.3. The molecule has 0 aliphatic heterocycles. The predicted octanol–water partition coefficient (Wildman–Crippen LogP) is 1.91. The van der Waals surface area contributed by atoms with Gasteiger partial charge in [0.1, 0.15) is 5.82 Å². The van der Waals surface area contributed by atoms with E-state index in [0.717, 1.165) is 6.07 Å². The van der Waals surface area contributed by atoms with Crippen molar-refractivity contribution >= 4 is 16.0 Å². The standard InChI is InChI=1S/C13H18FNO4S/c1-3-10(6-13(16)17)8-15-20(18,19)11-5-4-9(2)12(14)7-11/h4-5,7,10,15H,3,6,8H2,1-2H3,(H,16,17). The Kier molecular flexibility index (Phi) is 5.64. The maximum Gasteiger partial charge on any atom is 0.303 e. The van der Waals surface area contributed by atoms with Crippen LogP contribution < -0.4 is 4.72 Å². The van der Waals surface area contributed by atoms with Crippen LogP contribution in [0.1, 0.15) is 25.3 Å². The van der Waals surface area contributed by atoms with Gasteiger partial charge in [0.25, 0.3) is 0 Å². The van der Waals surface area contributed by atoms with E-state index in [4.69, 9.17) is 5.11 Å². The largest absolute Gasteiger partial charge is 0.481 e. The van der Waals surface area contributed by atoms with Gasteiger partial charge >= 0.3 is 5.97 Å². The van der Waals surface area contributed by atoms with Crippen molar-refractivity contribution in [3.63, 3.8) is 0 Å². The maximum absolute atomic E-state index is 13.4. The van der Waals surface area contributed by atoms with Gasteiger partial charge < -0.3 is 5.11 Å². The normalized spacial score (nSPS) is 13.2. The van der Waals surface area contributed by atoms with Crippen LogP contribution in [0.25, 0.3) is 0 Å². The highest BCUT2D eigenvalue weighted by molar-refractivity contribution is 7.89. The molecule has 1 unspecified atom stereocenters. The number of aliphatic carboxylic acids is 1. The van der Waals surface area contributed by atoms with Crippen molar-refractivity contribution in [1.82, 2.24) is 4.72 Å². The molecule has 0 bridgehead atoms. The molecule has 0 fully saturated rings. The molecule has 20 heavy (non-hydrogen) atoms. The topological polar surface area (TPSA) is 83.5 Å². The van der Waals surface area contributed by atoms with Crippen molar-refractivity contribution in [1.29, 1.82) is 0 Å². The van der Waals surface area contributed by atoms with Gasteiger partial charge in [-0.3, -0.25) is 4.79 Å². The molecule has 1 atom stereocenters. The van der Waals surface area contributed by atoms with Gasteiger partial charge in [-0.15, -0.1) is 0 Å². The Morgan fingerprint density at radius 2 is 2.10 bits per heavy atom. The van der Waals surface area contributed by atoms with Gasteiger partial charge in [-0.1, -0.05) is 19.4 Å². The molecule has 5 nitrogen and oxygen atoms in total. The number of carboxylic acids is 1. The molecule has 1 aromatic rings. The first-order valence-electron chi connectivity index (χ1n) is 6.24. The van der Waals surface area contributed by atoms with E-state index >= 15 is 0 Å². The molecule has 0 heterocycles. The van der Waals surface area contributed by atoms with Crippen LogP contribution in [0.15, 0.2) is 23.1 Å². The number of hydrogen-bond donors (Lipinski definition) is 2. The summed E-state index contributed by atoms with van der Waals surface area (Å²) < 4.78 is 39.7. The molecular formula is C13H18FNO4S. The van der Waals surface area contributed by atoms with Crippen LogP contribution in [-0.4, -0.2) is 26.0 Å². The molecule has 0 aliphatic carbocycles. The van der Waals surface area contributed by atoms with E-state index in [9.17, 15) is 17.6 Å². The minimum absolute atomic E-state index is 0.0145. The number of aryl methyl sites for hydroxylation is 1. The zero-order valence-corrected chi connectivity index (χ0v) is 12.2. The summed E-state index contributed by atoms with van der Waals surface area (Å²) >= 11 is 0. The Hall–Kier alpha value is -1.47. The number of carbonyl (C=O) groups is 1. The zero-order valence-electron chi connectivity index (χ0n) is 11.4. The second-order valence-electron chi connectivity index (χ2n) is 4.64. The smallest absolute Gasteiger partial charge is 0.303 e. The number of nitrogens with one attached hydrogen (secondary N) is 1. The Balaban J connectivity index is 2.79. The van der Waals surface area contributed by atoms with Gasteiger partial charge in [-0.05, 0) is 30.5 Å². The molecule has 7 heteroatoms. The van der Waals surface area contributed by atoms with Crippen LogP contribution in [0, 0.1) is 18.7 Å². The van der Waals surface area contributed by atoms with Crippen LogP contribution in [0.3, 0.4) is 0 Å². The lowest BCUT2D eigenvalue weighted by atomic mass is 10.0. The summed E-state index contributed by atoms with van der Waals surface area (Å²) in [5.41, 5.74) is 0.362. The average molecular weight is 303 g/mol. The van der Waals surface area contributed by atoms with Crippen molar-refractivity contribution in [2.45, 2.75) is 31.6 Å². The van der Waals surface area contributed by atoms with Crippen LogP contribution in [0.2, 0.25) is 0 Å². The fourth-order valence-electron chi connectivity index (χ4n) is 1.66. The lowest BCUT2D eigenvalue weighted by Crippen LogP contribution is -2.30. The van der Waals surface area contributed by atoms with Gasteiger partial charge in [0.05, 0.1) is 4.90 Å². The molecule has 0 spiro atoms. The van der Waals surface area contributed by atoms with Crippen LogP contribution in [0.5, 0.6) is 0 Å². The highest BCUT2D eigenvalue weighted by Crippen LogP contribution is 2.15. The van der Waals surface area contributed by atoms with Gasteiger partial charge in [-0.25, -0.2) is 17.5 Å². The first-order valence-corrected chi connectivity index (χ1v) is 7.72. The van der Waals surface area contributed by atoms with E-state index in [1.54, 1.807) is 13.8 Å². The predicted molar refractivity (Wildman–Crippen MR) is 72.4 cm³/mol. The first-order chi connectivity index (χ1) is 9.26. The van der Waals surface area contributed by atoms with E-state index in [1.807, 2.05) is 0 Å². The number of sulfonamides is 1. The highest BCUT2D eigenvalue weighted by Gasteiger charge is 2.18. The molecule has 2 N–H and O–H groups in total. The SMILES string of the molecule is CCC(CNS(=O)(=O)c1ccc(C)c(F)c1)CC(=O)O. The fourth-order valence-corrected chi connectivity index (χ4v) is 2.79. The van der Waals surface area contributed by atoms with Crippen LogP contribution in [0.4, 0.5) is 4.39 Å². The van der Waals surface area contributed by atoms with Gasteiger partial charge in [-0.2, -0.15) is 0 Å². The molecule has 0 aliphatic rings. The third-order valence-corrected chi connectivity index (χ3v) is 4.48. The summed E-state index contributed by atoms with van der Waals surface area (Å²) in [6.07, 6.45) is 0.429. The second-order valence-corrected chi connectivity index (χ2v) is 6.40. The van der Waals surface area contributed by atoms with Gasteiger partial charge in [0, 0.05) is 13.0 Å². The van der Waals surface area contributed by atoms with Gasteiger partial charge in [0.2, 0.25) is 10.0 Å². The lowest BCUT2D eigenvalue weighted by molar-refractivity contribution is -0.138. The summed E-state index contributed by atoms with van der Waals surface area (Å²) in [6.45, 7) is 3.34. The molecule has 112 valence electrons. The Labute approximate surface area is 117 Å². The quantitative estimate of drug-likeness (QED) is 0.806. The molecule has 1 rings (SSSR count). The highest BCUT2D eigenvalue weighted by atomic mass is 32.2. The first kappa shape index (κ1) is 16.6. The average Bonchev–Trinajstić information content (AvgIpc) is 2.37.